The fraction of sp³-hybridized carbons (Fsp3) is 0.421. The van der Waals surface area contributed by atoms with Crippen molar-refractivity contribution in [3.05, 3.63) is 58.9 Å². The Balaban J connectivity index is 1.61. The topological polar surface area (TPSA) is 55.3 Å². The first-order valence-corrected chi connectivity index (χ1v) is 8.47. The third-order valence-electron chi connectivity index (χ3n) is 4.22. The predicted octanol–water partition coefficient (Wildman–Crippen LogP) is 2.77. The quantitative estimate of drug-likeness (QED) is 0.857. The molecule has 0 spiro atoms. The van der Waals surface area contributed by atoms with Crippen molar-refractivity contribution in [2.75, 3.05) is 19.7 Å². The van der Waals surface area contributed by atoms with Crippen molar-refractivity contribution in [1.29, 1.82) is 0 Å². The van der Waals surface area contributed by atoms with Gasteiger partial charge in [-0.3, -0.25) is 4.79 Å². The Morgan fingerprint density at radius 1 is 1.28 bits per heavy atom. The maximum atomic E-state index is 13.2. The molecule has 1 aliphatic heterocycles. The lowest BCUT2D eigenvalue weighted by atomic mass is 10.1. The van der Waals surface area contributed by atoms with Crippen LogP contribution in [0.5, 0.6) is 0 Å². The Kier molecular flexibility index (Phi) is 5.38. The molecule has 1 fully saturated rings. The molecule has 0 N–H and O–H groups in total. The van der Waals surface area contributed by atoms with Crippen LogP contribution in [0.4, 0.5) is 4.39 Å². The number of benzene rings is 1. The zero-order valence-corrected chi connectivity index (χ0v) is 14.5. The lowest BCUT2D eigenvalue weighted by Gasteiger charge is -2.32. The Morgan fingerprint density at radius 2 is 2.04 bits per heavy atom. The van der Waals surface area contributed by atoms with E-state index in [2.05, 4.69) is 9.97 Å². The predicted molar refractivity (Wildman–Crippen MR) is 91.5 cm³/mol. The van der Waals surface area contributed by atoms with Gasteiger partial charge in [-0.25, -0.2) is 14.4 Å². The van der Waals surface area contributed by atoms with Gasteiger partial charge in [-0.2, -0.15) is 0 Å². The van der Waals surface area contributed by atoms with Crippen molar-refractivity contribution in [2.24, 2.45) is 0 Å². The number of carbonyl (C=O) groups excluding carboxylic acids is 1. The number of hydrogen-bond donors (Lipinski definition) is 0. The average Bonchev–Trinajstić information content (AvgIpc) is 2.59. The summed E-state index contributed by atoms with van der Waals surface area (Å²) in [5, 5.41) is 0. The first kappa shape index (κ1) is 17.5. The van der Waals surface area contributed by atoms with E-state index in [0.717, 1.165) is 17.0 Å². The second kappa shape index (κ2) is 7.70. The van der Waals surface area contributed by atoms with Gasteiger partial charge in [0.05, 0.1) is 13.2 Å². The summed E-state index contributed by atoms with van der Waals surface area (Å²) in [5.74, 6) is 0.394. The molecule has 1 unspecified atom stereocenters. The van der Waals surface area contributed by atoms with Gasteiger partial charge in [0.15, 0.2) is 5.82 Å². The molecule has 1 atom stereocenters. The van der Waals surface area contributed by atoms with E-state index in [1.54, 1.807) is 11.0 Å². The van der Waals surface area contributed by atoms with Crippen LogP contribution in [0.1, 0.15) is 35.3 Å². The highest BCUT2D eigenvalue weighted by atomic mass is 19.1. The maximum Gasteiger partial charge on any atom is 0.223 e. The van der Waals surface area contributed by atoms with E-state index in [0.29, 0.717) is 38.4 Å². The number of rotatable bonds is 4. The lowest BCUT2D eigenvalue weighted by molar-refractivity contribution is -0.139. The molecule has 1 aliphatic rings. The molecule has 25 heavy (non-hydrogen) atoms. The Labute approximate surface area is 146 Å². The molecule has 5 nitrogen and oxygen atoms in total. The van der Waals surface area contributed by atoms with Gasteiger partial charge < -0.3 is 9.64 Å². The molecule has 1 aromatic carbocycles. The highest BCUT2D eigenvalue weighted by Gasteiger charge is 2.27. The zero-order valence-electron chi connectivity index (χ0n) is 14.5. The van der Waals surface area contributed by atoms with E-state index in [1.807, 2.05) is 26.0 Å². The molecule has 3 rings (SSSR count). The van der Waals surface area contributed by atoms with Crippen molar-refractivity contribution >= 4 is 5.91 Å². The third-order valence-corrected chi connectivity index (χ3v) is 4.22. The number of aromatic nitrogens is 2. The van der Waals surface area contributed by atoms with Crippen LogP contribution in [0.3, 0.4) is 0 Å². The van der Waals surface area contributed by atoms with Gasteiger partial charge in [-0.1, -0.05) is 12.1 Å². The Morgan fingerprint density at radius 3 is 2.76 bits per heavy atom. The standard InChI is InChI=1S/C19H22FN3O2/c1-13-10-14(2)22-19(21-13)17-12-23(8-9-25-17)18(24)7-6-15-4-3-5-16(20)11-15/h3-5,10-11,17H,6-9,12H2,1-2H3. The Bertz CT molecular complexity index is 746. The number of ether oxygens (including phenoxy) is 1. The summed E-state index contributed by atoms with van der Waals surface area (Å²) in [6.07, 6.45) is 0.577. The van der Waals surface area contributed by atoms with E-state index in [4.69, 9.17) is 4.74 Å². The van der Waals surface area contributed by atoms with E-state index >= 15 is 0 Å². The molecule has 0 aliphatic carbocycles. The smallest absolute Gasteiger partial charge is 0.223 e. The van der Waals surface area contributed by atoms with Crippen LogP contribution in [-0.2, 0) is 16.0 Å². The van der Waals surface area contributed by atoms with Crippen molar-refractivity contribution in [3.8, 4) is 0 Å². The highest BCUT2D eigenvalue weighted by molar-refractivity contribution is 5.76. The van der Waals surface area contributed by atoms with Gasteiger partial charge in [-0.05, 0) is 44.0 Å². The molecule has 1 saturated heterocycles. The molecular weight excluding hydrogens is 321 g/mol. The number of carbonyl (C=O) groups is 1. The van der Waals surface area contributed by atoms with Crippen LogP contribution in [0, 0.1) is 19.7 Å². The van der Waals surface area contributed by atoms with Crippen LogP contribution < -0.4 is 0 Å². The summed E-state index contributed by atoms with van der Waals surface area (Å²) < 4.78 is 19.0. The second-order valence-corrected chi connectivity index (χ2v) is 6.34. The normalized spacial score (nSPS) is 17.6. The molecule has 2 heterocycles. The summed E-state index contributed by atoms with van der Waals surface area (Å²) in [6, 6.07) is 8.29. The minimum atomic E-state index is -0.300. The number of aryl methyl sites for hydroxylation is 3. The van der Waals surface area contributed by atoms with Gasteiger partial charge in [0.1, 0.15) is 11.9 Å². The number of amides is 1. The fourth-order valence-corrected chi connectivity index (χ4v) is 3.03. The van der Waals surface area contributed by atoms with Gasteiger partial charge in [0.25, 0.3) is 0 Å². The van der Waals surface area contributed by atoms with E-state index in [9.17, 15) is 9.18 Å². The van der Waals surface area contributed by atoms with Crippen LogP contribution in [-0.4, -0.2) is 40.5 Å². The van der Waals surface area contributed by atoms with Crippen LogP contribution in [0.2, 0.25) is 0 Å². The maximum absolute atomic E-state index is 13.2. The van der Waals surface area contributed by atoms with E-state index < -0.39 is 0 Å². The summed E-state index contributed by atoms with van der Waals surface area (Å²) in [7, 11) is 0. The van der Waals surface area contributed by atoms with E-state index in [1.165, 1.54) is 12.1 Å². The number of nitrogens with zero attached hydrogens (tertiary/aromatic N) is 3. The molecule has 0 bridgehead atoms. The number of hydrogen-bond acceptors (Lipinski definition) is 4. The lowest BCUT2D eigenvalue weighted by Crippen LogP contribution is -2.42. The van der Waals surface area contributed by atoms with Gasteiger partial charge >= 0.3 is 0 Å². The monoisotopic (exact) mass is 343 g/mol. The minimum Gasteiger partial charge on any atom is -0.367 e. The molecule has 6 heteroatoms. The largest absolute Gasteiger partial charge is 0.367 e. The molecule has 1 aromatic heterocycles. The minimum absolute atomic E-state index is 0.0435. The van der Waals surface area contributed by atoms with Crippen molar-refractivity contribution in [3.63, 3.8) is 0 Å². The zero-order chi connectivity index (χ0) is 17.8. The van der Waals surface area contributed by atoms with Gasteiger partial charge in [0.2, 0.25) is 5.91 Å². The van der Waals surface area contributed by atoms with Crippen LogP contribution in [0.15, 0.2) is 30.3 Å². The van der Waals surface area contributed by atoms with Crippen LogP contribution >= 0.6 is 0 Å². The van der Waals surface area contributed by atoms with Crippen molar-refractivity contribution in [1.82, 2.24) is 14.9 Å². The second-order valence-electron chi connectivity index (χ2n) is 6.34. The molecule has 2 aromatic rings. The summed E-state index contributed by atoms with van der Waals surface area (Å²) in [6.45, 7) is 5.31. The average molecular weight is 343 g/mol. The van der Waals surface area contributed by atoms with Crippen molar-refractivity contribution < 1.29 is 13.9 Å². The van der Waals surface area contributed by atoms with Crippen LogP contribution in [0.25, 0.3) is 0 Å². The van der Waals surface area contributed by atoms with E-state index in [-0.39, 0.29) is 17.8 Å². The summed E-state index contributed by atoms with van der Waals surface area (Å²) in [4.78, 5) is 23.2. The number of morpholine rings is 1. The fourth-order valence-electron chi connectivity index (χ4n) is 3.03. The summed E-state index contributed by atoms with van der Waals surface area (Å²) >= 11 is 0. The molecule has 1 amide bonds. The summed E-state index contributed by atoms with van der Waals surface area (Å²) in [5.41, 5.74) is 2.61. The van der Waals surface area contributed by atoms with Crippen molar-refractivity contribution in [2.45, 2.75) is 32.8 Å². The first-order valence-electron chi connectivity index (χ1n) is 8.47. The number of halogens is 1. The molecular formula is C19H22FN3O2. The molecule has 0 radical (unpaired) electrons. The van der Waals surface area contributed by atoms with Gasteiger partial charge in [0, 0.05) is 24.4 Å². The van der Waals surface area contributed by atoms with Gasteiger partial charge in [-0.15, -0.1) is 0 Å². The third kappa shape index (κ3) is 4.60. The Hall–Kier alpha value is -2.34. The molecule has 132 valence electrons. The molecule has 0 saturated carbocycles. The first-order chi connectivity index (χ1) is 12.0. The highest BCUT2D eigenvalue weighted by Crippen LogP contribution is 2.21. The SMILES string of the molecule is Cc1cc(C)nc(C2CN(C(=O)CCc3cccc(F)c3)CCO2)n1.